The number of fused-ring (bicyclic) bond motifs is 2. The number of ether oxygens (including phenoxy) is 1. The smallest absolute Gasteiger partial charge is 0.221 e. The van der Waals surface area contributed by atoms with Crippen molar-refractivity contribution in [2.75, 3.05) is 7.05 Å². The second kappa shape index (κ2) is 7.91. The topological polar surface area (TPSA) is 74.0 Å². The summed E-state index contributed by atoms with van der Waals surface area (Å²) in [5.74, 6) is 0.838. The van der Waals surface area contributed by atoms with Crippen molar-refractivity contribution in [3.05, 3.63) is 66.1 Å². The third-order valence-electron chi connectivity index (χ3n) is 5.93. The van der Waals surface area contributed by atoms with Gasteiger partial charge in [-0.15, -0.1) is 0 Å². The normalized spacial score (nSPS) is 15.2. The predicted octanol–water partition coefficient (Wildman–Crippen LogP) is 3.64. The molecule has 1 amide bonds. The molecule has 0 saturated heterocycles. The van der Waals surface area contributed by atoms with E-state index >= 15 is 0 Å². The lowest BCUT2D eigenvalue weighted by Gasteiger charge is -2.18. The number of aromatic nitrogens is 4. The van der Waals surface area contributed by atoms with Crippen LogP contribution in [0.25, 0.3) is 22.0 Å². The van der Waals surface area contributed by atoms with Gasteiger partial charge in [-0.1, -0.05) is 18.2 Å². The standard InChI is InChI=1S/C24H25N5O2/c1-25-23(30)10-11-29-21-8-7-19(12-17(21)13-27-29)31-22-9-6-16-4-3-5-20(24(16)22)18-14-26-28(2)15-18/h3-5,7-8,12-15,22H,6,9-11H2,1-2H3,(H,25,30). The zero-order valence-corrected chi connectivity index (χ0v) is 17.7. The zero-order valence-electron chi connectivity index (χ0n) is 17.7. The molecule has 1 unspecified atom stereocenters. The summed E-state index contributed by atoms with van der Waals surface area (Å²) in [4.78, 5) is 11.5. The number of amides is 1. The molecule has 1 aliphatic rings. The van der Waals surface area contributed by atoms with Crippen LogP contribution in [-0.4, -0.2) is 32.5 Å². The Morgan fingerprint density at radius 1 is 1.23 bits per heavy atom. The van der Waals surface area contributed by atoms with Crippen LogP contribution in [-0.2, 0) is 24.8 Å². The van der Waals surface area contributed by atoms with E-state index in [-0.39, 0.29) is 12.0 Å². The van der Waals surface area contributed by atoms with Gasteiger partial charge in [0.15, 0.2) is 0 Å². The molecule has 158 valence electrons. The number of carbonyl (C=O) groups is 1. The van der Waals surface area contributed by atoms with Gasteiger partial charge in [0.05, 0.1) is 24.5 Å². The monoisotopic (exact) mass is 415 g/mol. The average molecular weight is 415 g/mol. The Morgan fingerprint density at radius 3 is 2.94 bits per heavy atom. The molecule has 1 N–H and O–H groups in total. The van der Waals surface area contributed by atoms with Crippen LogP contribution in [0.4, 0.5) is 0 Å². The van der Waals surface area contributed by atoms with E-state index in [4.69, 9.17) is 4.74 Å². The van der Waals surface area contributed by atoms with Crippen LogP contribution in [0, 0.1) is 0 Å². The van der Waals surface area contributed by atoms with E-state index in [0.29, 0.717) is 13.0 Å². The maximum atomic E-state index is 11.5. The maximum absolute atomic E-state index is 11.5. The lowest BCUT2D eigenvalue weighted by atomic mass is 9.98. The van der Waals surface area contributed by atoms with Gasteiger partial charge in [0.2, 0.25) is 5.91 Å². The predicted molar refractivity (Wildman–Crippen MR) is 119 cm³/mol. The SMILES string of the molecule is CNC(=O)CCn1ncc2cc(OC3CCc4cccc(-c5cnn(C)c5)c43)ccc21. The van der Waals surface area contributed by atoms with Crippen molar-refractivity contribution < 1.29 is 9.53 Å². The van der Waals surface area contributed by atoms with Crippen LogP contribution < -0.4 is 10.1 Å². The lowest BCUT2D eigenvalue weighted by molar-refractivity contribution is -0.120. The first-order valence-electron chi connectivity index (χ1n) is 10.6. The molecule has 0 fully saturated rings. The highest BCUT2D eigenvalue weighted by Gasteiger charge is 2.28. The van der Waals surface area contributed by atoms with E-state index in [1.165, 1.54) is 16.7 Å². The van der Waals surface area contributed by atoms with Crippen molar-refractivity contribution in [1.82, 2.24) is 24.9 Å². The first-order valence-corrected chi connectivity index (χ1v) is 10.6. The third-order valence-corrected chi connectivity index (χ3v) is 5.93. The zero-order chi connectivity index (χ0) is 21.4. The highest BCUT2D eigenvalue weighted by molar-refractivity contribution is 5.81. The van der Waals surface area contributed by atoms with Gasteiger partial charge >= 0.3 is 0 Å². The minimum absolute atomic E-state index is 0.00662. The maximum Gasteiger partial charge on any atom is 0.221 e. The molecule has 0 radical (unpaired) electrons. The molecule has 4 aromatic rings. The van der Waals surface area contributed by atoms with Gasteiger partial charge in [-0.3, -0.25) is 14.2 Å². The Hall–Kier alpha value is -3.61. The van der Waals surface area contributed by atoms with Gasteiger partial charge in [-0.05, 0) is 42.2 Å². The Kier molecular flexibility index (Phi) is 4.94. The fraction of sp³-hybridized carbons (Fsp3) is 0.292. The van der Waals surface area contributed by atoms with Gasteiger partial charge in [0.1, 0.15) is 11.9 Å². The molecule has 5 rings (SSSR count). The van der Waals surface area contributed by atoms with Crippen molar-refractivity contribution in [2.45, 2.75) is 31.9 Å². The quantitative estimate of drug-likeness (QED) is 0.522. The van der Waals surface area contributed by atoms with E-state index in [1.807, 2.05) is 53.2 Å². The van der Waals surface area contributed by atoms with E-state index in [1.54, 1.807) is 7.05 Å². The average Bonchev–Trinajstić information content (AvgIpc) is 3.50. The summed E-state index contributed by atoms with van der Waals surface area (Å²) in [6.07, 6.45) is 8.15. The van der Waals surface area contributed by atoms with Crippen molar-refractivity contribution in [3.63, 3.8) is 0 Å². The summed E-state index contributed by atoms with van der Waals surface area (Å²) in [7, 11) is 3.58. The molecular weight excluding hydrogens is 390 g/mol. The van der Waals surface area contributed by atoms with E-state index < -0.39 is 0 Å². The van der Waals surface area contributed by atoms with Crippen LogP contribution in [0.3, 0.4) is 0 Å². The van der Waals surface area contributed by atoms with Gasteiger partial charge in [0.25, 0.3) is 0 Å². The highest BCUT2D eigenvalue weighted by Crippen LogP contribution is 2.41. The number of rotatable bonds is 6. The van der Waals surface area contributed by atoms with Crippen LogP contribution in [0.1, 0.15) is 30.1 Å². The number of carbonyl (C=O) groups excluding carboxylic acids is 1. The second-order valence-electron chi connectivity index (χ2n) is 7.94. The summed E-state index contributed by atoms with van der Waals surface area (Å²) in [5.41, 5.74) is 5.91. The van der Waals surface area contributed by atoms with E-state index in [9.17, 15) is 4.79 Å². The molecule has 2 heterocycles. The molecule has 2 aromatic heterocycles. The molecule has 0 saturated carbocycles. The van der Waals surface area contributed by atoms with Crippen molar-refractivity contribution in [2.24, 2.45) is 7.05 Å². The molecule has 0 bridgehead atoms. The largest absolute Gasteiger partial charge is 0.486 e. The van der Waals surface area contributed by atoms with Gasteiger partial charge in [0, 0.05) is 43.2 Å². The fourth-order valence-electron chi connectivity index (χ4n) is 4.39. The fourth-order valence-corrected chi connectivity index (χ4v) is 4.39. The number of hydrogen-bond donors (Lipinski definition) is 1. The number of nitrogens with zero attached hydrogens (tertiary/aromatic N) is 4. The molecule has 2 aromatic carbocycles. The Bertz CT molecular complexity index is 1260. The van der Waals surface area contributed by atoms with Crippen LogP contribution in [0.15, 0.2) is 55.0 Å². The molecule has 1 aliphatic carbocycles. The highest BCUT2D eigenvalue weighted by atomic mass is 16.5. The summed E-state index contributed by atoms with van der Waals surface area (Å²) in [6.45, 7) is 0.549. The minimum Gasteiger partial charge on any atom is -0.486 e. The molecule has 31 heavy (non-hydrogen) atoms. The van der Waals surface area contributed by atoms with E-state index in [2.05, 4.69) is 33.7 Å². The first-order chi connectivity index (χ1) is 15.1. The number of benzene rings is 2. The molecule has 7 heteroatoms. The number of nitrogens with one attached hydrogen (secondary N) is 1. The van der Waals surface area contributed by atoms with Crippen LogP contribution in [0.5, 0.6) is 5.75 Å². The molecule has 0 aliphatic heterocycles. The summed E-state index contributed by atoms with van der Waals surface area (Å²) in [5, 5.41) is 12.4. The second-order valence-corrected chi connectivity index (χ2v) is 7.94. The molecule has 1 atom stereocenters. The molecular formula is C24H25N5O2. The van der Waals surface area contributed by atoms with E-state index in [0.717, 1.165) is 35.1 Å². The number of aryl methyl sites for hydroxylation is 3. The van der Waals surface area contributed by atoms with Crippen LogP contribution >= 0.6 is 0 Å². The first kappa shape index (κ1) is 19.4. The van der Waals surface area contributed by atoms with Gasteiger partial charge < -0.3 is 10.1 Å². The van der Waals surface area contributed by atoms with Crippen molar-refractivity contribution in [3.8, 4) is 16.9 Å². The van der Waals surface area contributed by atoms with Crippen LogP contribution in [0.2, 0.25) is 0 Å². The van der Waals surface area contributed by atoms with Gasteiger partial charge in [-0.25, -0.2) is 0 Å². The Balaban J connectivity index is 1.40. The van der Waals surface area contributed by atoms with Gasteiger partial charge in [-0.2, -0.15) is 10.2 Å². The lowest BCUT2D eigenvalue weighted by Crippen LogP contribution is -2.19. The summed E-state index contributed by atoms with van der Waals surface area (Å²) >= 11 is 0. The molecule has 7 nitrogen and oxygen atoms in total. The number of hydrogen-bond acceptors (Lipinski definition) is 4. The van der Waals surface area contributed by atoms with Crippen molar-refractivity contribution >= 4 is 16.8 Å². The summed E-state index contributed by atoms with van der Waals surface area (Å²) in [6, 6.07) is 12.5. The minimum atomic E-state index is 0.00662. The Labute approximate surface area is 180 Å². The van der Waals surface area contributed by atoms with Crippen molar-refractivity contribution in [1.29, 1.82) is 0 Å². The third kappa shape index (κ3) is 3.67. The Morgan fingerprint density at radius 2 is 2.13 bits per heavy atom. The summed E-state index contributed by atoms with van der Waals surface area (Å²) < 4.78 is 10.2. The molecule has 0 spiro atoms.